The molecule has 0 bridgehead atoms. The molecular formula is C28H24F2N4S2. The minimum atomic E-state index is -0.387. The van der Waals surface area contributed by atoms with Crippen LogP contribution in [0.4, 0.5) is 31.5 Å². The first-order valence-electron chi connectivity index (χ1n) is 11.3. The highest BCUT2D eigenvalue weighted by molar-refractivity contribution is 7.81. The van der Waals surface area contributed by atoms with E-state index in [0.29, 0.717) is 23.0 Å². The summed E-state index contributed by atoms with van der Waals surface area (Å²) >= 11 is 11.0. The molecule has 0 amide bonds. The minimum absolute atomic E-state index is 0.269. The van der Waals surface area contributed by atoms with Crippen LogP contribution < -0.4 is 20.9 Å². The molecule has 4 nitrogen and oxygen atoms in total. The molecule has 0 atom stereocenters. The fraction of sp³-hybridized carbons (Fsp3) is 0.0714. The maximum absolute atomic E-state index is 14.2. The summed E-state index contributed by atoms with van der Waals surface area (Å²) < 4.78 is 28.1. The highest BCUT2D eigenvalue weighted by Crippen LogP contribution is 2.22. The molecule has 0 fully saturated rings. The van der Waals surface area contributed by atoms with E-state index in [4.69, 9.17) is 24.4 Å². The molecule has 0 aliphatic carbocycles. The Balaban J connectivity index is 1.48. The second kappa shape index (κ2) is 12.2. The van der Waals surface area contributed by atoms with Crippen LogP contribution in [0, 0.1) is 11.6 Å². The van der Waals surface area contributed by atoms with Gasteiger partial charge in [0.05, 0.1) is 11.4 Å². The standard InChI is InChI=1S/C28H24F2N4S2/c29-23-10-4-6-12-25(23)32-27(35)31-21-14-16-22(17-15-21)34(19-18-20-8-2-1-3-9-20)28(36)33-26-13-7-5-11-24(26)30/h1-17H,18-19H2,(H,33,36)(H2,31,32,35). The Bertz CT molecular complexity index is 1330. The predicted molar refractivity (Wildman–Crippen MR) is 153 cm³/mol. The van der Waals surface area contributed by atoms with Gasteiger partial charge in [0, 0.05) is 17.9 Å². The number of halogens is 2. The summed E-state index contributed by atoms with van der Waals surface area (Å²) in [5.74, 6) is -0.764. The third-order valence-electron chi connectivity index (χ3n) is 5.39. The summed E-state index contributed by atoms with van der Waals surface area (Å²) in [5, 5.41) is 9.59. The van der Waals surface area contributed by atoms with Gasteiger partial charge in [0.25, 0.3) is 0 Å². The molecule has 8 heteroatoms. The molecule has 4 rings (SSSR count). The van der Waals surface area contributed by atoms with Crippen molar-refractivity contribution in [2.45, 2.75) is 6.42 Å². The number of nitrogens with one attached hydrogen (secondary N) is 3. The molecule has 4 aromatic carbocycles. The zero-order valence-corrected chi connectivity index (χ0v) is 20.9. The summed E-state index contributed by atoms with van der Waals surface area (Å²) in [7, 11) is 0. The van der Waals surface area contributed by atoms with Crippen molar-refractivity contribution in [1.29, 1.82) is 0 Å². The Morgan fingerprint density at radius 2 is 1.19 bits per heavy atom. The molecule has 0 spiro atoms. The summed E-state index contributed by atoms with van der Waals surface area (Å²) in [4.78, 5) is 1.93. The quantitative estimate of drug-likeness (QED) is 0.224. The fourth-order valence-corrected chi connectivity index (χ4v) is 4.09. The molecule has 0 aliphatic heterocycles. The molecule has 0 saturated heterocycles. The lowest BCUT2D eigenvalue weighted by molar-refractivity contribution is 0.632. The first-order chi connectivity index (χ1) is 17.5. The van der Waals surface area contributed by atoms with E-state index >= 15 is 0 Å². The lowest BCUT2D eigenvalue weighted by atomic mass is 10.1. The first-order valence-corrected chi connectivity index (χ1v) is 12.1. The van der Waals surface area contributed by atoms with Gasteiger partial charge < -0.3 is 20.9 Å². The van der Waals surface area contributed by atoms with Gasteiger partial charge in [0.2, 0.25) is 0 Å². The molecule has 3 N–H and O–H groups in total. The van der Waals surface area contributed by atoms with Crippen LogP contribution in [-0.4, -0.2) is 16.8 Å². The van der Waals surface area contributed by atoms with E-state index in [0.717, 1.165) is 17.8 Å². The lowest BCUT2D eigenvalue weighted by Gasteiger charge is -2.26. The molecule has 182 valence electrons. The monoisotopic (exact) mass is 518 g/mol. The number of nitrogens with zero attached hydrogens (tertiary/aromatic N) is 1. The van der Waals surface area contributed by atoms with Crippen LogP contribution in [0.15, 0.2) is 103 Å². The second-order valence-corrected chi connectivity index (χ2v) is 8.70. The van der Waals surface area contributed by atoms with Gasteiger partial charge in [-0.15, -0.1) is 0 Å². The van der Waals surface area contributed by atoms with Gasteiger partial charge in [-0.2, -0.15) is 0 Å². The van der Waals surface area contributed by atoms with Gasteiger partial charge >= 0.3 is 0 Å². The van der Waals surface area contributed by atoms with Crippen molar-refractivity contribution < 1.29 is 8.78 Å². The van der Waals surface area contributed by atoms with Gasteiger partial charge in [-0.1, -0.05) is 54.6 Å². The van der Waals surface area contributed by atoms with Crippen LogP contribution in [0.1, 0.15) is 5.56 Å². The Kier molecular flexibility index (Phi) is 8.54. The fourth-order valence-electron chi connectivity index (χ4n) is 3.55. The van der Waals surface area contributed by atoms with E-state index < -0.39 is 0 Å². The van der Waals surface area contributed by atoms with Crippen LogP contribution in [0.5, 0.6) is 0 Å². The topological polar surface area (TPSA) is 39.3 Å². The van der Waals surface area contributed by atoms with Gasteiger partial charge in [0.1, 0.15) is 11.6 Å². The van der Waals surface area contributed by atoms with Gasteiger partial charge in [0.15, 0.2) is 10.2 Å². The third-order valence-corrected chi connectivity index (χ3v) is 5.91. The van der Waals surface area contributed by atoms with Crippen molar-refractivity contribution in [3.63, 3.8) is 0 Å². The van der Waals surface area contributed by atoms with Crippen molar-refractivity contribution in [3.8, 4) is 0 Å². The van der Waals surface area contributed by atoms with E-state index in [1.807, 2.05) is 47.4 Å². The normalized spacial score (nSPS) is 10.4. The van der Waals surface area contributed by atoms with Gasteiger partial charge in [-0.25, -0.2) is 8.78 Å². The van der Waals surface area contributed by atoms with Gasteiger partial charge in [-0.05, 0) is 85.0 Å². The van der Waals surface area contributed by atoms with Crippen molar-refractivity contribution in [2.75, 3.05) is 27.4 Å². The number of benzene rings is 4. The van der Waals surface area contributed by atoms with Crippen LogP contribution in [0.2, 0.25) is 0 Å². The zero-order chi connectivity index (χ0) is 25.3. The summed E-state index contributed by atoms with van der Waals surface area (Å²) in [5.41, 5.74) is 3.33. The molecule has 4 aromatic rings. The number of rotatable bonds is 7. The average molecular weight is 519 g/mol. The van der Waals surface area contributed by atoms with Crippen molar-refractivity contribution in [2.24, 2.45) is 0 Å². The number of anilines is 4. The maximum Gasteiger partial charge on any atom is 0.178 e. The molecule has 0 aliphatic rings. The van der Waals surface area contributed by atoms with Gasteiger partial charge in [-0.3, -0.25) is 0 Å². The van der Waals surface area contributed by atoms with Crippen molar-refractivity contribution >= 4 is 57.4 Å². The van der Waals surface area contributed by atoms with E-state index in [1.165, 1.54) is 17.7 Å². The predicted octanol–water partition coefficient (Wildman–Crippen LogP) is 7.22. The number of para-hydroxylation sites is 2. The Morgan fingerprint density at radius 1 is 0.639 bits per heavy atom. The zero-order valence-electron chi connectivity index (χ0n) is 19.2. The summed E-state index contributed by atoms with van der Waals surface area (Å²) in [6, 6.07) is 30.3. The van der Waals surface area contributed by atoms with E-state index in [2.05, 4.69) is 28.1 Å². The Morgan fingerprint density at radius 3 is 1.81 bits per heavy atom. The number of hydrogen-bond acceptors (Lipinski definition) is 2. The summed E-state index contributed by atoms with van der Waals surface area (Å²) in [6.45, 7) is 0.588. The molecular weight excluding hydrogens is 494 g/mol. The number of thiocarbonyl (C=S) groups is 2. The van der Waals surface area contributed by atoms with Crippen LogP contribution in [0.3, 0.4) is 0 Å². The third kappa shape index (κ3) is 6.84. The Labute approximate surface area is 220 Å². The van der Waals surface area contributed by atoms with E-state index in [9.17, 15) is 8.78 Å². The summed E-state index contributed by atoms with van der Waals surface area (Å²) in [6.07, 6.45) is 0.747. The Hall–Kier alpha value is -3.88. The molecule has 0 heterocycles. The minimum Gasteiger partial charge on any atom is -0.332 e. The molecule has 0 aromatic heterocycles. The molecule has 0 unspecified atom stereocenters. The highest BCUT2D eigenvalue weighted by atomic mass is 32.1. The highest BCUT2D eigenvalue weighted by Gasteiger charge is 2.15. The molecule has 36 heavy (non-hydrogen) atoms. The van der Waals surface area contributed by atoms with Crippen LogP contribution in [0.25, 0.3) is 0 Å². The second-order valence-electron chi connectivity index (χ2n) is 7.90. The maximum atomic E-state index is 14.2. The lowest BCUT2D eigenvalue weighted by Crippen LogP contribution is -2.36. The largest absolute Gasteiger partial charge is 0.332 e. The first kappa shape index (κ1) is 25.2. The molecule has 0 saturated carbocycles. The van der Waals surface area contributed by atoms with E-state index in [1.54, 1.807) is 36.4 Å². The smallest absolute Gasteiger partial charge is 0.178 e. The van der Waals surface area contributed by atoms with E-state index in [-0.39, 0.29) is 16.7 Å². The SMILES string of the molecule is Fc1ccccc1NC(=S)Nc1ccc(N(CCc2ccccc2)C(=S)Nc2ccccc2F)cc1. The number of hydrogen-bond donors (Lipinski definition) is 3. The van der Waals surface area contributed by atoms with Crippen molar-refractivity contribution in [1.82, 2.24) is 0 Å². The average Bonchev–Trinajstić information content (AvgIpc) is 2.88. The molecule has 0 radical (unpaired) electrons. The van der Waals surface area contributed by atoms with Crippen molar-refractivity contribution in [3.05, 3.63) is 120 Å². The van der Waals surface area contributed by atoms with Crippen LogP contribution in [-0.2, 0) is 6.42 Å². The van der Waals surface area contributed by atoms with Crippen LogP contribution >= 0.6 is 24.4 Å².